The van der Waals surface area contributed by atoms with E-state index in [0.29, 0.717) is 18.0 Å². The van der Waals surface area contributed by atoms with Gasteiger partial charge in [-0.15, -0.1) is 11.3 Å². The molecule has 5 heteroatoms. The molecule has 2 heterocycles. The van der Waals surface area contributed by atoms with Crippen LogP contribution in [0.15, 0.2) is 24.3 Å². The summed E-state index contributed by atoms with van der Waals surface area (Å²) in [5.74, 6) is -0.868. The monoisotopic (exact) mass is 291 g/mol. The van der Waals surface area contributed by atoms with E-state index in [-0.39, 0.29) is 0 Å². The zero-order chi connectivity index (χ0) is 14.3. The number of hydrogen-bond donors (Lipinski definition) is 2. The highest BCUT2D eigenvalue weighted by molar-refractivity contribution is 7.21. The fourth-order valence-electron chi connectivity index (χ4n) is 2.83. The molecule has 0 bridgehead atoms. The largest absolute Gasteiger partial charge is 0.477 e. The smallest absolute Gasteiger partial charge is 0.346 e. The number of benzene rings is 1. The highest BCUT2D eigenvalue weighted by Crippen LogP contribution is 2.33. The van der Waals surface area contributed by atoms with Gasteiger partial charge in [0.05, 0.1) is 5.60 Å². The first-order valence-corrected chi connectivity index (χ1v) is 7.46. The van der Waals surface area contributed by atoms with E-state index >= 15 is 0 Å². The molecule has 0 saturated carbocycles. The molecule has 1 aliphatic rings. The normalized spacial score (nSPS) is 23.5. The van der Waals surface area contributed by atoms with Crippen LogP contribution in [-0.2, 0) is 6.54 Å². The zero-order valence-corrected chi connectivity index (χ0v) is 12.1. The van der Waals surface area contributed by atoms with Crippen LogP contribution in [0.3, 0.4) is 0 Å². The summed E-state index contributed by atoms with van der Waals surface area (Å²) in [7, 11) is 0. The van der Waals surface area contributed by atoms with Crippen molar-refractivity contribution in [3.05, 3.63) is 34.7 Å². The van der Waals surface area contributed by atoms with E-state index in [4.69, 9.17) is 0 Å². The van der Waals surface area contributed by atoms with Crippen molar-refractivity contribution in [2.75, 3.05) is 13.1 Å². The minimum absolute atomic E-state index is 0.415. The molecule has 1 unspecified atom stereocenters. The first kappa shape index (κ1) is 13.5. The fraction of sp³-hybridized carbons (Fsp3) is 0.400. The van der Waals surface area contributed by atoms with Crippen molar-refractivity contribution in [1.29, 1.82) is 0 Å². The lowest BCUT2D eigenvalue weighted by molar-refractivity contribution is 0.0677. The minimum atomic E-state index is -0.868. The van der Waals surface area contributed by atoms with Gasteiger partial charge in [-0.2, -0.15) is 0 Å². The van der Waals surface area contributed by atoms with Crippen molar-refractivity contribution in [2.45, 2.75) is 25.5 Å². The Morgan fingerprint density at radius 1 is 1.45 bits per heavy atom. The molecular weight excluding hydrogens is 274 g/mol. The van der Waals surface area contributed by atoms with Crippen LogP contribution in [0.25, 0.3) is 10.1 Å². The number of likely N-dealkylation sites (tertiary alicyclic amines) is 1. The van der Waals surface area contributed by atoms with E-state index in [1.807, 2.05) is 31.2 Å². The second-order valence-corrected chi connectivity index (χ2v) is 6.72. The topological polar surface area (TPSA) is 60.8 Å². The van der Waals surface area contributed by atoms with Gasteiger partial charge in [-0.05, 0) is 30.4 Å². The summed E-state index contributed by atoms with van der Waals surface area (Å²) < 4.78 is 1.01. The van der Waals surface area contributed by atoms with Crippen molar-refractivity contribution < 1.29 is 15.0 Å². The molecule has 3 rings (SSSR count). The van der Waals surface area contributed by atoms with Gasteiger partial charge < -0.3 is 10.2 Å². The van der Waals surface area contributed by atoms with Crippen LogP contribution in [0.2, 0.25) is 0 Å². The van der Waals surface area contributed by atoms with Crippen LogP contribution in [-0.4, -0.2) is 39.8 Å². The second-order valence-electron chi connectivity index (χ2n) is 5.67. The zero-order valence-electron chi connectivity index (χ0n) is 11.3. The summed E-state index contributed by atoms with van der Waals surface area (Å²) in [6.45, 7) is 3.81. The molecule has 1 aromatic heterocycles. The lowest BCUT2D eigenvalue weighted by Crippen LogP contribution is -2.29. The van der Waals surface area contributed by atoms with E-state index < -0.39 is 11.6 Å². The average molecular weight is 291 g/mol. The standard InChI is InChI=1S/C15H17NO3S/c1-15(19)6-7-16(9-15)8-11-10-4-2-3-5-12(10)20-13(11)14(17)18/h2-5,19H,6-9H2,1H3,(H,17,18). The van der Waals surface area contributed by atoms with Crippen molar-refractivity contribution in [2.24, 2.45) is 0 Å². The van der Waals surface area contributed by atoms with E-state index in [1.165, 1.54) is 11.3 Å². The predicted octanol–water partition coefficient (Wildman–Crippen LogP) is 2.56. The molecule has 4 nitrogen and oxygen atoms in total. The number of aromatic carboxylic acids is 1. The number of thiophene rings is 1. The van der Waals surface area contributed by atoms with Gasteiger partial charge >= 0.3 is 5.97 Å². The van der Waals surface area contributed by atoms with Gasteiger partial charge in [0.1, 0.15) is 4.88 Å². The highest BCUT2D eigenvalue weighted by Gasteiger charge is 2.32. The van der Waals surface area contributed by atoms with Crippen LogP contribution < -0.4 is 0 Å². The lowest BCUT2D eigenvalue weighted by atomic mass is 10.1. The van der Waals surface area contributed by atoms with E-state index in [1.54, 1.807) is 0 Å². The predicted molar refractivity (Wildman–Crippen MR) is 79.3 cm³/mol. The number of aliphatic hydroxyl groups is 1. The van der Waals surface area contributed by atoms with Crippen molar-refractivity contribution in [3.8, 4) is 0 Å². The van der Waals surface area contributed by atoms with Crippen LogP contribution in [0.5, 0.6) is 0 Å². The third-order valence-electron chi connectivity index (χ3n) is 3.81. The van der Waals surface area contributed by atoms with Crippen molar-refractivity contribution in [1.82, 2.24) is 4.90 Å². The Morgan fingerprint density at radius 3 is 2.85 bits per heavy atom. The number of carboxylic acid groups (broad SMARTS) is 1. The number of carbonyl (C=O) groups is 1. The summed E-state index contributed by atoms with van der Waals surface area (Å²) in [6.07, 6.45) is 0.734. The number of β-amino-alcohol motifs (C(OH)–C–C–N with tert-alkyl or cyclic N) is 1. The molecule has 0 aliphatic carbocycles. The van der Waals surface area contributed by atoms with Gasteiger partial charge in [0.15, 0.2) is 0 Å². The molecule has 2 aromatic rings. The molecule has 1 atom stereocenters. The van der Waals surface area contributed by atoms with Gasteiger partial charge in [-0.3, -0.25) is 4.90 Å². The molecule has 0 amide bonds. The van der Waals surface area contributed by atoms with Gasteiger partial charge in [0, 0.05) is 24.3 Å². The number of fused-ring (bicyclic) bond motifs is 1. The van der Waals surface area contributed by atoms with E-state index in [0.717, 1.165) is 28.6 Å². The maximum absolute atomic E-state index is 11.4. The Morgan fingerprint density at radius 2 is 2.20 bits per heavy atom. The molecule has 1 aliphatic heterocycles. The summed E-state index contributed by atoms with van der Waals surface area (Å²) in [6, 6.07) is 7.79. The highest BCUT2D eigenvalue weighted by atomic mass is 32.1. The third-order valence-corrected chi connectivity index (χ3v) is 5.01. The summed E-state index contributed by atoms with van der Waals surface area (Å²) >= 11 is 1.33. The third kappa shape index (κ3) is 2.44. The van der Waals surface area contributed by atoms with Gasteiger partial charge in [-0.25, -0.2) is 4.79 Å². The van der Waals surface area contributed by atoms with Gasteiger partial charge in [0.2, 0.25) is 0 Å². The molecule has 20 heavy (non-hydrogen) atoms. The molecular formula is C15H17NO3S. The Kier molecular flexibility index (Phi) is 3.28. The maximum atomic E-state index is 11.4. The summed E-state index contributed by atoms with van der Waals surface area (Å²) in [4.78, 5) is 14.0. The van der Waals surface area contributed by atoms with Gasteiger partial charge in [0.25, 0.3) is 0 Å². The van der Waals surface area contributed by atoms with Crippen LogP contribution in [0.1, 0.15) is 28.6 Å². The number of nitrogens with zero attached hydrogens (tertiary/aromatic N) is 1. The molecule has 1 aromatic carbocycles. The van der Waals surface area contributed by atoms with Crippen LogP contribution >= 0.6 is 11.3 Å². The van der Waals surface area contributed by atoms with Gasteiger partial charge in [-0.1, -0.05) is 18.2 Å². The van der Waals surface area contributed by atoms with Crippen molar-refractivity contribution in [3.63, 3.8) is 0 Å². The Balaban J connectivity index is 1.97. The number of rotatable bonds is 3. The fourth-order valence-corrected chi connectivity index (χ4v) is 3.88. The first-order chi connectivity index (χ1) is 9.46. The average Bonchev–Trinajstić information content (AvgIpc) is 2.91. The van der Waals surface area contributed by atoms with E-state index in [2.05, 4.69) is 4.90 Å². The SMILES string of the molecule is CC1(O)CCN(Cc2c(C(=O)O)sc3ccccc23)C1. The van der Waals surface area contributed by atoms with E-state index in [9.17, 15) is 15.0 Å². The number of hydrogen-bond acceptors (Lipinski definition) is 4. The summed E-state index contributed by atoms with van der Waals surface area (Å²) in [5.41, 5.74) is 0.214. The molecule has 106 valence electrons. The molecule has 2 N–H and O–H groups in total. The van der Waals surface area contributed by atoms with Crippen molar-refractivity contribution >= 4 is 27.4 Å². The summed E-state index contributed by atoms with van der Waals surface area (Å²) in [5, 5.41) is 20.4. The second kappa shape index (κ2) is 4.84. The first-order valence-electron chi connectivity index (χ1n) is 6.65. The van der Waals surface area contributed by atoms with Crippen LogP contribution in [0.4, 0.5) is 0 Å². The Labute approximate surface area is 121 Å². The maximum Gasteiger partial charge on any atom is 0.346 e. The Hall–Kier alpha value is -1.43. The lowest BCUT2D eigenvalue weighted by Gasteiger charge is -2.18. The molecule has 1 fully saturated rings. The minimum Gasteiger partial charge on any atom is -0.477 e. The molecule has 0 spiro atoms. The molecule has 0 radical (unpaired) electrons. The van der Waals surface area contributed by atoms with Crippen LogP contribution in [0, 0.1) is 0 Å². The number of carboxylic acids is 1. The quantitative estimate of drug-likeness (QED) is 0.912. The Bertz CT molecular complexity index is 662. The molecule has 1 saturated heterocycles.